The van der Waals surface area contributed by atoms with Gasteiger partial charge in [0.25, 0.3) is 0 Å². The van der Waals surface area contributed by atoms with Crippen LogP contribution in [0.2, 0.25) is 0 Å². The van der Waals surface area contributed by atoms with Crippen LogP contribution in [0.15, 0.2) is 30.3 Å². The van der Waals surface area contributed by atoms with Crippen LogP contribution in [0.1, 0.15) is 129 Å². The summed E-state index contributed by atoms with van der Waals surface area (Å²) in [5, 5.41) is 0. The number of ether oxygens (including phenoxy) is 2. The van der Waals surface area contributed by atoms with Crippen LogP contribution >= 0.6 is 0 Å². The molecule has 0 amide bonds. The van der Waals surface area contributed by atoms with E-state index >= 15 is 0 Å². The van der Waals surface area contributed by atoms with Gasteiger partial charge >= 0.3 is 5.97 Å². The molecule has 0 aliphatic carbocycles. The van der Waals surface area contributed by atoms with Crippen molar-refractivity contribution in [2.75, 3.05) is 6.61 Å². The minimum atomic E-state index is -0.137. The molecule has 0 aromatic heterocycles. The van der Waals surface area contributed by atoms with Crippen molar-refractivity contribution in [3.05, 3.63) is 35.9 Å². The molecule has 184 valence electrons. The summed E-state index contributed by atoms with van der Waals surface area (Å²) < 4.78 is 11.3. The summed E-state index contributed by atoms with van der Waals surface area (Å²) in [5.41, 5.74) is 1.14. The lowest BCUT2D eigenvalue weighted by molar-refractivity contribution is -0.152. The Labute approximate surface area is 198 Å². The van der Waals surface area contributed by atoms with Gasteiger partial charge in [0, 0.05) is 6.42 Å². The van der Waals surface area contributed by atoms with E-state index in [4.69, 9.17) is 9.47 Å². The van der Waals surface area contributed by atoms with E-state index in [0.29, 0.717) is 19.6 Å². The second-order valence-electron chi connectivity index (χ2n) is 9.22. The predicted molar refractivity (Wildman–Crippen MR) is 136 cm³/mol. The standard InChI is InChI=1S/C29H50O3/c1-3-5-6-7-8-9-10-11-12-13-14-15-16-17-21-24-29(30)32-28(4-2)26-31-25-27-22-19-18-20-23-27/h18-20,22-23,28H,3-17,21,24-26H2,1-2H3. The van der Waals surface area contributed by atoms with Crippen LogP contribution in [0.5, 0.6) is 0 Å². The third-order valence-electron chi connectivity index (χ3n) is 6.15. The summed E-state index contributed by atoms with van der Waals surface area (Å²) in [7, 11) is 0. The maximum Gasteiger partial charge on any atom is 0.306 e. The first-order valence-electron chi connectivity index (χ1n) is 13.6. The molecule has 3 nitrogen and oxygen atoms in total. The van der Waals surface area contributed by atoms with Gasteiger partial charge in [-0.15, -0.1) is 0 Å². The molecular formula is C29H50O3. The zero-order valence-electron chi connectivity index (χ0n) is 21.1. The van der Waals surface area contributed by atoms with E-state index in [1.54, 1.807) is 0 Å². The van der Waals surface area contributed by atoms with Crippen molar-refractivity contribution in [2.45, 2.75) is 136 Å². The molecule has 0 N–H and O–H groups in total. The number of hydrogen-bond donors (Lipinski definition) is 0. The van der Waals surface area contributed by atoms with E-state index in [-0.39, 0.29) is 12.1 Å². The maximum atomic E-state index is 12.1. The number of rotatable bonds is 22. The monoisotopic (exact) mass is 446 g/mol. The molecule has 0 aliphatic heterocycles. The van der Waals surface area contributed by atoms with Gasteiger partial charge in [-0.25, -0.2) is 0 Å². The average molecular weight is 447 g/mol. The van der Waals surface area contributed by atoms with Crippen molar-refractivity contribution >= 4 is 5.97 Å². The van der Waals surface area contributed by atoms with E-state index in [9.17, 15) is 4.79 Å². The highest BCUT2D eigenvalue weighted by Crippen LogP contribution is 2.14. The Morgan fingerprint density at radius 1 is 0.719 bits per heavy atom. The first kappa shape index (κ1) is 28.7. The van der Waals surface area contributed by atoms with Crippen LogP contribution < -0.4 is 0 Å². The van der Waals surface area contributed by atoms with E-state index < -0.39 is 0 Å². The summed E-state index contributed by atoms with van der Waals surface area (Å²) in [6.07, 6.45) is 21.2. The normalized spacial score (nSPS) is 12.1. The highest BCUT2D eigenvalue weighted by molar-refractivity contribution is 5.69. The molecular weight excluding hydrogens is 396 g/mol. The van der Waals surface area contributed by atoms with Crippen LogP contribution in [0, 0.1) is 0 Å². The lowest BCUT2D eigenvalue weighted by Gasteiger charge is -2.16. The highest BCUT2D eigenvalue weighted by Gasteiger charge is 2.12. The number of esters is 1. The SMILES string of the molecule is CCCCCCCCCCCCCCCCCC(=O)OC(CC)COCc1ccccc1. The van der Waals surface area contributed by atoms with Crippen LogP contribution in [0.4, 0.5) is 0 Å². The van der Waals surface area contributed by atoms with E-state index in [1.165, 1.54) is 83.5 Å². The van der Waals surface area contributed by atoms with Crippen LogP contribution in [0.25, 0.3) is 0 Å². The van der Waals surface area contributed by atoms with Gasteiger partial charge in [-0.3, -0.25) is 4.79 Å². The summed E-state index contributed by atoms with van der Waals surface area (Å²) in [6, 6.07) is 10.1. The van der Waals surface area contributed by atoms with Gasteiger partial charge in [0.2, 0.25) is 0 Å². The molecule has 0 saturated heterocycles. The number of unbranched alkanes of at least 4 members (excludes halogenated alkanes) is 14. The zero-order chi connectivity index (χ0) is 23.1. The third kappa shape index (κ3) is 17.2. The molecule has 0 saturated carbocycles. The average Bonchev–Trinajstić information content (AvgIpc) is 2.81. The molecule has 0 radical (unpaired) electrons. The maximum absolute atomic E-state index is 12.1. The van der Waals surface area contributed by atoms with Crippen molar-refractivity contribution in [3.63, 3.8) is 0 Å². The summed E-state index contributed by atoms with van der Waals surface area (Å²) >= 11 is 0. The fourth-order valence-corrected chi connectivity index (χ4v) is 4.00. The highest BCUT2D eigenvalue weighted by atomic mass is 16.6. The Balaban J connectivity index is 1.88. The Kier molecular flexibility index (Phi) is 19.3. The zero-order valence-corrected chi connectivity index (χ0v) is 21.1. The molecule has 0 aliphatic rings. The molecule has 0 heterocycles. The fourth-order valence-electron chi connectivity index (χ4n) is 4.00. The summed E-state index contributed by atoms with van der Waals surface area (Å²) in [4.78, 5) is 12.1. The summed E-state index contributed by atoms with van der Waals surface area (Å²) in [5.74, 6) is -0.0742. The summed E-state index contributed by atoms with van der Waals surface area (Å²) in [6.45, 7) is 5.35. The number of hydrogen-bond acceptors (Lipinski definition) is 3. The minimum absolute atomic E-state index is 0.0742. The van der Waals surface area contributed by atoms with E-state index in [0.717, 1.165) is 24.8 Å². The lowest BCUT2D eigenvalue weighted by Crippen LogP contribution is -2.22. The van der Waals surface area contributed by atoms with Crippen molar-refractivity contribution in [3.8, 4) is 0 Å². The lowest BCUT2D eigenvalue weighted by atomic mass is 10.0. The van der Waals surface area contributed by atoms with Crippen LogP contribution in [0.3, 0.4) is 0 Å². The molecule has 1 unspecified atom stereocenters. The van der Waals surface area contributed by atoms with Gasteiger partial charge in [-0.2, -0.15) is 0 Å². The predicted octanol–water partition coefficient (Wildman–Crippen LogP) is 8.79. The first-order valence-corrected chi connectivity index (χ1v) is 13.6. The van der Waals surface area contributed by atoms with Gasteiger partial charge in [0.15, 0.2) is 0 Å². The quantitative estimate of drug-likeness (QED) is 0.132. The molecule has 3 heteroatoms. The second kappa shape index (κ2) is 21.5. The number of benzene rings is 1. The van der Waals surface area contributed by atoms with Gasteiger partial charge in [0.1, 0.15) is 6.10 Å². The number of carbonyl (C=O) groups is 1. The largest absolute Gasteiger partial charge is 0.460 e. The number of carbonyl (C=O) groups excluding carboxylic acids is 1. The third-order valence-corrected chi connectivity index (χ3v) is 6.15. The minimum Gasteiger partial charge on any atom is -0.460 e. The van der Waals surface area contributed by atoms with Crippen LogP contribution in [-0.2, 0) is 20.9 Å². The van der Waals surface area contributed by atoms with Crippen LogP contribution in [-0.4, -0.2) is 18.7 Å². The molecule has 0 fully saturated rings. The molecule has 0 spiro atoms. The molecule has 1 aromatic carbocycles. The Morgan fingerprint density at radius 3 is 1.72 bits per heavy atom. The van der Waals surface area contributed by atoms with Crippen molar-refractivity contribution < 1.29 is 14.3 Å². The van der Waals surface area contributed by atoms with E-state index in [1.807, 2.05) is 37.3 Å². The second-order valence-corrected chi connectivity index (χ2v) is 9.22. The first-order chi connectivity index (χ1) is 15.8. The Morgan fingerprint density at radius 2 is 1.22 bits per heavy atom. The molecule has 1 rings (SSSR count). The topological polar surface area (TPSA) is 35.5 Å². The molecule has 32 heavy (non-hydrogen) atoms. The van der Waals surface area contributed by atoms with Crippen molar-refractivity contribution in [1.29, 1.82) is 0 Å². The van der Waals surface area contributed by atoms with Gasteiger partial charge in [0.05, 0.1) is 13.2 Å². The molecule has 1 atom stereocenters. The molecule has 0 bridgehead atoms. The Bertz CT molecular complexity index is 528. The van der Waals surface area contributed by atoms with E-state index in [2.05, 4.69) is 6.92 Å². The van der Waals surface area contributed by atoms with Gasteiger partial charge in [-0.05, 0) is 18.4 Å². The Hall–Kier alpha value is -1.35. The van der Waals surface area contributed by atoms with Gasteiger partial charge < -0.3 is 9.47 Å². The molecule has 1 aromatic rings. The smallest absolute Gasteiger partial charge is 0.306 e. The van der Waals surface area contributed by atoms with Crippen molar-refractivity contribution in [2.24, 2.45) is 0 Å². The fraction of sp³-hybridized carbons (Fsp3) is 0.759. The van der Waals surface area contributed by atoms with Crippen molar-refractivity contribution in [1.82, 2.24) is 0 Å². The van der Waals surface area contributed by atoms with Gasteiger partial charge in [-0.1, -0.05) is 134 Å².